The number of primary amides is 1. The summed E-state index contributed by atoms with van der Waals surface area (Å²) in [5, 5.41) is 2.94. The van der Waals surface area contributed by atoms with E-state index in [1.807, 2.05) is 0 Å². The first-order chi connectivity index (χ1) is 7.99. The molecule has 0 aliphatic rings. The number of nitrogens with one attached hydrogen (secondary N) is 1. The van der Waals surface area contributed by atoms with Crippen LogP contribution in [0.1, 0.15) is 18.5 Å². The van der Waals surface area contributed by atoms with E-state index in [1.165, 1.54) is 12.1 Å². The minimum Gasteiger partial charge on any atom is -0.448 e. The van der Waals surface area contributed by atoms with E-state index >= 15 is 0 Å². The smallest absolute Gasteiger partial charge is 0.404 e. The van der Waals surface area contributed by atoms with E-state index in [1.54, 1.807) is 6.92 Å². The number of hydrogen-bond acceptors (Lipinski definition) is 3. The highest BCUT2D eigenvalue weighted by Gasteiger charge is 2.08. The first-order valence-electron chi connectivity index (χ1n) is 5.10. The van der Waals surface area contributed by atoms with Gasteiger partial charge in [0.15, 0.2) is 0 Å². The molecule has 0 aromatic heterocycles. The molecule has 4 nitrogen and oxygen atoms in total. The summed E-state index contributed by atoms with van der Waals surface area (Å²) in [7, 11) is 0. The Labute approximate surface area is 97.8 Å². The Balaban J connectivity index is 2.46. The summed E-state index contributed by atoms with van der Waals surface area (Å²) in [4.78, 5) is 10.3. The normalized spacial score (nSPS) is 12.2. The predicted molar refractivity (Wildman–Crippen MR) is 58.3 cm³/mol. The summed E-state index contributed by atoms with van der Waals surface area (Å²) in [5.41, 5.74) is 5.26. The highest BCUT2D eigenvalue weighted by atomic mass is 19.1. The van der Waals surface area contributed by atoms with Gasteiger partial charge in [-0.2, -0.15) is 0 Å². The third kappa shape index (κ3) is 4.78. The van der Waals surface area contributed by atoms with Crippen LogP contribution in [0, 0.1) is 11.6 Å². The number of rotatable bonds is 5. The zero-order valence-electron chi connectivity index (χ0n) is 9.37. The molecule has 0 heterocycles. The predicted octanol–water partition coefficient (Wildman–Crippen LogP) is 1.71. The van der Waals surface area contributed by atoms with Crippen molar-refractivity contribution in [3.8, 4) is 0 Å². The number of carbonyl (C=O) groups excluding carboxylic acids is 1. The summed E-state index contributed by atoms with van der Waals surface area (Å²) in [6.07, 6.45) is -0.851. The van der Waals surface area contributed by atoms with Gasteiger partial charge in [0.1, 0.15) is 18.2 Å². The third-order valence-corrected chi connectivity index (χ3v) is 2.18. The lowest BCUT2D eigenvalue weighted by Crippen LogP contribution is -2.26. The van der Waals surface area contributed by atoms with E-state index < -0.39 is 17.7 Å². The van der Waals surface area contributed by atoms with Gasteiger partial charge in [0.05, 0.1) is 0 Å². The number of benzene rings is 1. The molecule has 1 unspecified atom stereocenters. The van der Waals surface area contributed by atoms with Crippen LogP contribution in [0.4, 0.5) is 13.6 Å². The molecule has 1 aromatic rings. The quantitative estimate of drug-likeness (QED) is 0.775. The summed E-state index contributed by atoms with van der Waals surface area (Å²) in [6, 6.07) is 3.05. The van der Waals surface area contributed by atoms with Crippen LogP contribution in [0.5, 0.6) is 0 Å². The van der Waals surface area contributed by atoms with Crippen molar-refractivity contribution in [2.75, 3.05) is 13.2 Å². The number of hydrogen-bond donors (Lipinski definition) is 2. The molecule has 17 heavy (non-hydrogen) atoms. The molecule has 0 bridgehead atoms. The Morgan fingerprint density at radius 2 is 2.00 bits per heavy atom. The average Bonchev–Trinajstić information content (AvgIpc) is 2.22. The minimum atomic E-state index is -0.851. The molecule has 1 aromatic carbocycles. The van der Waals surface area contributed by atoms with Crippen LogP contribution in [0.25, 0.3) is 0 Å². The molecule has 94 valence electrons. The Bertz CT molecular complexity index is 379. The summed E-state index contributed by atoms with van der Waals surface area (Å²) in [5.74, 6) is -1.25. The number of nitrogens with two attached hydrogens (primary N) is 1. The second-order valence-electron chi connectivity index (χ2n) is 3.55. The van der Waals surface area contributed by atoms with Crippen molar-refractivity contribution in [2.45, 2.75) is 13.0 Å². The standard InChI is InChI=1S/C11H14F2N2O2/c1-7(15-2-3-17-11(14)16)8-4-9(12)6-10(13)5-8/h4-7,15H,2-3H2,1H3,(H2,14,16). The fourth-order valence-electron chi connectivity index (χ4n) is 1.37. The molecule has 1 atom stereocenters. The fraction of sp³-hybridized carbons (Fsp3) is 0.364. The SMILES string of the molecule is CC(NCCOC(N)=O)c1cc(F)cc(F)c1. The van der Waals surface area contributed by atoms with E-state index in [0.29, 0.717) is 12.1 Å². The van der Waals surface area contributed by atoms with Gasteiger partial charge in [-0.05, 0) is 24.6 Å². The van der Waals surface area contributed by atoms with Crippen molar-refractivity contribution in [3.05, 3.63) is 35.4 Å². The number of carbonyl (C=O) groups is 1. The summed E-state index contributed by atoms with van der Waals surface area (Å²) < 4.78 is 30.4. The molecule has 0 saturated heterocycles. The topological polar surface area (TPSA) is 64.3 Å². The van der Waals surface area contributed by atoms with E-state index in [4.69, 9.17) is 5.73 Å². The maximum absolute atomic E-state index is 12.9. The van der Waals surface area contributed by atoms with Gasteiger partial charge in [0, 0.05) is 18.7 Å². The largest absolute Gasteiger partial charge is 0.448 e. The average molecular weight is 244 g/mol. The van der Waals surface area contributed by atoms with Crippen LogP contribution in [0.3, 0.4) is 0 Å². The molecule has 0 fully saturated rings. The molecule has 0 aliphatic carbocycles. The van der Waals surface area contributed by atoms with Gasteiger partial charge >= 0.3 is 6.09 Å². The lowest BCUT2D eigenvalue weighted by atomic mass is 10.1. The van der Waals surface area contributed by atoms with Crippen molar-refractivity contribution in [1.29, 1.82) is 0 Å². The highest BCUT2D eigenvalue weighted by Crippen LogP contribution is 2.15. The van der Waals surface area contributed by atoms with Crippen LogP contribution in [-0.4, -0.2) is 19.2 Å². The second-order valence-corrected chi connectivity index (χ2v) is 3.55. The van der Waals surface area contributed by atoms with E-state index in [-0.39, 0.29) is 12.6 Å². The summed E-state index contributed by atoms with van der Waals surface area (Å²) >= 11 is 0. The zero-order chi connectivity index (χ0) is 12.8. The molecular formula is C11H14F2N2O2. The minimum absolute atomic E-state index is 0.109. The lowest BCUT2D eigenvalue weighted by Gasteiger charge is -2.14. The van der Waals surface area contributed by atoms with Gasteiger partial charge in [-0.15, -0.1) is 0 Å². The molecule has 0 saturated carbocycles. The van der Waals surface area contributed by atoms with E-state index in [0.717, 1.165) is 6.07 Å². The molecule has 0 aliphatic heterocycles. The Hall–Kier alpha value is -1.69. The monoisotopic (exact) mass is 244 g/mol. The van der Waals surface area contributed by atoms with Crippen LogP contribution in [0.2, 0.25) is 0 Å². The molecular weight excluding hydrogens is 230 g/mol. The molecule has 3 N–H and O–H groups in total. The molecule has 6 heteroatoms. The fourth-order valence-corrected chi connectivity index (χ4v) is 1.37. The van der Waals surface area contributed by atoms with Gasteiger partial charge in [-0.25, -0.2) is 13.6 Å². The first kappa shape index (κ1) is 13.4. The van der Waals surface area contributed by atoms with Gasteiger partial charge in [0.2, 0.25) is 0 Å². The van der Waals surface area contributed by atoms with Crippen LogP contribution < -0.4 is 11.1 Å². The van der Waals surface area contributed by atoms with Crippen LogP contribution >= 0.6 is 0 Å². The first-order valence-corrected chi connectivity index (χ1v) is 5.10. The molecule has 0 radical (unpaired) electrons. The third-order valence-electron chi connectivity index (χ3n) is 2.18. The van der Waals surface area contributed by atoms with Gasteiger partial charge in [-0.1, -0.05) is 0 Å². The second kappa shape index (κ2) is 6.15. The van der Waals surface area contributed by atoms with Crippen LogP contribution in [-0.2, 0) is 4.74 Å². The molecule has 1 amide bonds. The lowest BCUT2D eigenvalue weighted by molar-refractivity contribution is 0.156. The Morgan fingerprint density at radius 1 is 1.41 bits per heavy atom. The van der Waals surface area contributed by atoms with Gasteiger partial charge in [-0.3, -0.25) is 0 Å². The van der Waals surface area contributed by atoms with Crippen molar-refractivity contribution in [1.82, 2.24) is 5.32 Å². The van der Waals surface area contributed by atoms with E-state index in [9.17, 15) is 13.6 Å². The number of ether oxygens (including phenoxy) is 1. The molecule has 0 spiro atoms. The van der Waals surface area contributed by atoms with Crippen molar-refractivity contribution < 1.29 is 18.3 Å². The van der Waals surface area contributed by atoms with Crippen molar-refractivity contribution >= 4 is 6.09 Å². The van der Waals surface area contributed by atoms with Crippen molar-refractivity contribution in [3.63, 3.8) is 0 Å². The number of halogens is 2. The Kier molecular flexibility index (Phi) is 4.84. The van der Waals surface area contributed by atoms with Crippen molar-refractivity contribution in [2.24, 2.45) is 5.73 Å². The van der Waals surface area contributed by atoms with Crippen LogP contribution in [0.15, 0.2) is 18.2 Å². The Morgan fingerprint density at radius 3 is 2.53 bits per heavy atom. The highest BCUT2D eigenvalue weighted by molar-refractivity contribution is 5.64. The molecule has 1 rings (SSSR count). The zero-order valence-corrected chi connectivity index (χ0v) is 9.37. The summed E-state index contributed by atoms with van der Waals surface area (Å²) in [6.45, 7) is 2.21. The number of amides is 1. The van der Waals surface area contributed by atoms with E-state index in [2.05, 4.69) is 10.1 Å². The maximum Gasteiger partial charge on any atom is 0.404 e. The van der Waals surface area contributed by atoms with Gasteiger partial charge in [0.25, 0.3) is 0 Å². The van der Waals surface area contributed by atoms with Gasteiger partial charge < -0.3 is 15.8 Å². The maximum atomic E-state index is 12.9.